The number of hydrogen-bond donors (Lipinski definition) is 3. The quantitative estimate of drug-likeness (QED) is 0.660. The summed E-state index contributed by atoms with van der Waals surface area (Å²) in [5.41, 5.74) is 0. The minimum absolute atomic E-state index is 0.466. The Kier molecular flexibility index (Phi) is 4.69. The van der Waals surface area contributed by atoms with Gasteiger partial charge < -0.3 is 15.5 Å². The molecule has 0 saturated heterocycles. The fourth-order valence-electron chi connectivity index (χ4n) is 0.914. The third kappa shape index (κ3) is 4.90. The molecule has 4 nitrogen and oxygen atoms in total. The fraction of sp³-hybridized carbons (Fsp3) is 0.857. The van der Waals surface area contributed by atoms with Crippen LogP contribution >= 0.6 is 0 Å². The minimum atomic E-state index is -4.37. The van der Waals surface area contributed by atoms with Gasteiger partial charge >= 0.3 is 12.3 Å². The molecule has 1 amide bonds. The van der Waals surface area contributed by atoms with Gasteiger partial charge in [0.25, 0.3) is 0 Å². The maximum Gasteiger partial charge on any atom is 0.404 e. The van der Waals surface area contributed by atoms with Crippen LogP contribution in [0.1, 0.15) is 13.3 Å². The fourth-order valence-corrected chi connectivity index (χ4v) is 0.914. The average molecular weight is 215 g/mol. The number of rotatable bonds is 4. The van der Waals surface area contributed by atoms with Crippen LogP contribution in [0.5, 0.6) is 0 Å². The van der Waals surface area contributed by atoms with E-state index in [1.807, 2.05) is 0 Å². The number of alkyl halides is 3. The van der Waals surface area contributed by atoms with E-state index in [1.165, 1.54) is 0 Å². The van der Waals surface area contributed by atoms with Crippen molar-refractivity contribution in [1.29, 1.82) is 0 Å². The topological polar surface area (TPSA) is 69.6 Å². The van der Waals surface area contributed by atoms with E-state index in [2.05, 4.69) is 0 Å². The van der Waals surface area contributed by atoms with Gasteiger partial charge in [0.1, 0.15) is 0 Å². The lowest BCUT2D eigenvalue weighted by Crippen LogP contribution is -2.39. The summed E-state index contributed by atoms with van der Waals surface area (Å²) in [7, 11) is 0. The van der Waals surface area contributed by atoms with Crippen LogP contribution in [0, 0.1) is 5.92 Å². The SMILES string of the molecule is C[C@@H](C[C@@H](CO)NC(=O)O)C(F)(F)F. The van der Waals surface area contributed by atoms with E-state index in [-0.39, 0.29) is 0 Å². The molecule has 0 aromatic heterocycles. The van der Waals surface area contributed by atoms with E-state index in [0.29, 0.717) is 0 Å². The van der Waals surface area contributed by atoms with E-state index >= 15 is 0 Å². The lowest BCUT2D eigenvalue weighted by molar-refractivity contribution is -0.173. The Hall–Kier alpha value is -0.980. The molecule has 0 aliphatic carbocycles. The molecule has 7 heteroatoms. The second kappa shape index (κ2) is 5.04. The zero-order valence-corrected chi connectivity index (χ0v) is 7.51. The van der Waals surface area contributed by atoms with Crippen LogP contribution in [0.3, 0.4) is 0 Å². The summed E-state index contributed by atoms with van der Waals surface area (Å²) in [4.78, 5) is 10.1. The van der Waals surface area contributed by atoms with Crippen molar-refractivity contribution < 1.29 is 28.2 Å². The number of carboxylic acid groups (broad SMARTS) is 1. The van der Waals surface area contributed by atoms with Gasteiger partial charge in [0, 0.05) is 0 Å². The summed E-state index contributed by atoms with van der Waals surface area (Å²) in [6, 6.07) is -1.08. The first-order valence-electron chi connectivity index (χ1n) is 3.94. The molecule has 0 radical (unpaired) electrons. The van der Waals surface area contributed by atoms with E-state index in [4.69, 9.17) is 10.2 Å². The van der Waals surface area contributed by atoms with Crippen molar-refractivity contribution >= 4 is 6.09 Å². The monoisotopic (exact) mass is 215 g/mol. The highest BCUT2D eigenvalue weighted by molar-refractivity contribution is 5.64. The number of hydrogen-bond acceptors (Lipinski definition) is 2. The number of aliphatic hydroxyl groups excluding tert-OH is 1. The first-order chi connectivity index (χ1) is 6.27. The van der Waals surface area contributed by atoms with Gasteiger partial charge in [0.2, 0.25) is 0 Å². The molecule has 0 unspecified atom stereocenters. The van der Waals surface area contributed by atoms with Gasteiger partial charge in [-0.25, -0.2) is 4.79 Å². The summed E-state index contributed by atoms with van der Waals surface area (Å²) in [6.07, 6.45) is -6.28. The number of amides is 1. The Labute approximate surface area is 78.7 Å². The molecule has 0 aromatic carbocycles. The summed E-state index contributed by atoms with van der Waals surface area (Å²) in [5.74, 6) is -1.65. The maximum atomic E-state index is 12.0. The van der Waals surface area contributed by atoms with Crippen molar-refractivity contribution in [3.05, 3.63) is 0 Å². The van der Waals surface area contributed by atoms with Crippen LogP contribution in [0.4, 0.5) is 18.0 Å². The number of halogens is 3. The second-order valence-corrected chi connectivity index (χ2v) is 3.01. The van der Waals surface area contributed by atoms with Crippen LogP contribution in [-0.2, 0) is 0 Å². The Balaban J connectivity index is 4.11. The molecule has 0 aromatic rings. The smallest absolute Gasteiger partial charge is 0.404 e. The van der Waals surface area contributed by atoms with Crippen molar-refractivity contribution in [2.24, 2.45) is 5.92 Å². The third-order valence-electron chi connectivity index (χ3n) is 1.74. The predicted molar refractivity (Wildman–Crippen MR) is 41.9 cm³/mol. The summed E-state index contributed by atoms with van der Waals surface area (Å²) >= 11 is 0. The average Bonchev–Trinajstić information content (AvgIpc) is 2.00. The molecule has 14 heavy (non-hydrogen) atoms. The van der Waals surface area contributed by atoms with Crippen LogP contribution in [-0.4, -0.2) is 35.1 Å². The van der Waals surface area contributed by atoms with Crippen molar-refractivity contribution in [3.63, 3.8) is 0 Å². The number of nitrogens with one attached hydrogen (secondary N) is 1. The molecule has 84 valence electrons. The minimum Gasteiger partial charge on any atom is -0.465 e. The molecule has 0 heterocycles. The maximum absolute atomic E-state index is 12.0. The van der Waals surface area contributed by atoms with Crippen LogP contribution in [0.2, 0.25) is 0 Å². The number of aliphatic hydroxyl groups is 1. The molecule has 0 fully saturated rings. The number of carbonyl (C=O) groups is 1. The zero-order valence-electron chi connectivity index (χ0n) is 7.51. The van der Waals surface area contributed by atoms with Gasteiger partial charge in [0.05, 0.1) is 18.6 Å². The lowest BCUT2D eigenvalue weighted by Gasteiger charge is -2.20. The normalized spacial score (nSPS) is 16.1. The summed E-state index contributed by atoms with van der Waals surface area (Å²) in [6.45, 7) is 0.291. The van der Waals surface area contributed by atoms with Crippen molar-refractivity contribution in [1.82, 2.24) is 5.32 Å². The second-order valence-electron chi connectivity index (χ2n) is 3.01. The van der Waals surface area contributed by atoms with Crippen molar-refractivity contribution in [2.75, 3.05) is 6.61 Å². The summed E-state index contributed by atoms with van der Waals surface area (Å²) < 4.78 is 36.1. The Morgan fingerprint density at radius 3 is 2.29 bits per heavy atom. The van der Waals surface area contributed by atoms with E-state index in [0.717, 1.165) is 6.92 Å². The largest absolute Gasteiger partial charge is 0.465 e. The van der Waals surface area contributed by atoms with Crippen LogP contribution in [0.15, 0.2) is 0 Å². The van der Waals surface area contributed by atoms with Crippen LogP contribution < -0.4 is 5.32 Å². The third-order valence-corrected chi connectivity index (χ3v) is 1.74. The summed E-state index contributed by atoms with van der Waals surface area (Å²) in [5, 5.41) is 18.6. The Morgan fingerprint density at radius 1 is 1.50 bits per heavy atom. The van der Waals surface area contributed by atoms with Gasteiger partial charge in [-0.05, 0) is 6.42 Å². The van der Waals surface area contributed by atoms with E-state index in [1.54, 1.807) is 5.32 Å². The molecular formula is C7H12F3NO3. The molecule has 3 N–H and O–H groups in total. The van der Waals surface area contributed by atoms with E-state index in [9.17, 15) is 18.0 Å². The van der Waals surface area contributed by atoms with Gasteiger partial charge in [-0.3, -0.25) is 0 Å². The molecule has 0 saturated carbocycles. The van der Waals surface area contributed by atoms with E-state index < -0.39 is 37.3 Å². The molecule has 0 aliphatic rings. The highest BCUT2D eigenvalue weighted by Crippen LogP contribution is 2.28. The lowest BCUT2D eigenvalue weighted by atomic mass is 10.0. The van der Waals surface area contributed by atoms with Gasteiger partial charge in [-0.1, -0.05) is 6.92 Å². The van der Waals surface area contributed by atoms with Crippen molar-refractivity contribution in [2.45, 2.75) is 25.6 Å². The first-order valence-corrected chi connectivity index (χ1v) is 3.94. The van der Waals surface area contributed by atoms with Crippen molar-refractivity contribution in [3.8, 4) is 0 Å². The molecule has 2 atom stereocenters. The molecule has 0 aliphatic heterocycles. The van der Waals surface area contributed by atoms with Gasteiger partial charge in [-0.15, -0.1) is 0 Å². The Morgan fingerprint density at radius 2 is 2.00 bits per heavy atom. The standard InChI is InChI=1S/C7H12F3NO3/c1-4(7(8,9)10)2-5(3-12)11-6(13)14/h4-5,11-12H,2-3H2,1H3,(H,13,14)/t4-,5-/m0/s1. The highest BCUT2D eigenvalue weighted by Gasteiger charge is 2.37. The molecule has 0 rings (SSSR count). The molecule has 0 spiro atoms. The highest BCUT2D eigenvalue weighted by atomic mass is 19.4. The zero-order chi connectivity index (χ0) is 11.4. The molecular weight excluding hydrogens is 203 g/mol. The Bertz CT molecular complexity index is 195. The predicted octanol–water partition coefficient (Wildman–Crippen LogP) is 1.20. The first kappa shape index (κ1) is 13.0. The van der Waals surface area contributed by atoms with Gasteiger partial charge in [0.15, 0.2) is 0 Å². The van der Waals surface area contributed by atoms with Crippen LogP contribution in [0.25, 0.3) is 0 Å². The molecule has 0 bridgehead atoms. The van der Waals surface area contributed by atoms with Gasteiger partial charge in [-0.2, -0.15) is 13.2 Å².